The lowest BCUT2D eigenvalue weighted by molar-refractivity contribution is -0.141. The number of carbonyl (C=O) groups is 3. The molecule has 3 amide bonds. The Hall–Kier alpha value is -3.56. The summed E-state index contributed by atoms with van der Waals surface area (Å²) in [5, 5.41) is 15.6. The van der Waals surface area contributed by atoms with Crippen molar-refractivity contribution in [1.29, 1.82) is 0 Å². The highest BCUT2D eigenvalue weighted by atomic mass is 32.1. The van der Waals surface area contributed by atoms with Crippen LogP contribution >= 0.6 is 11.3 Å². The highest BCUT2D eigenvalue weighted by molar-refractivity contribution is 7.13. The van der Waals surface area contributed by atoms with Gasteiger partial charge in [0.25, 0.3) is 5.91 Å². The summed E-state index contributed by atoms with van der Waals surface area (Å²) in [4.78, 5) is 44.1. The van der Waals surface area contributed by atoms with Crippen molar-refractivity contribution in [2.45, 2.75) is 38.1 Å². The molecule has 0 radical (unpaired) electrons. The molecule has 1 saturated heterocycles. The van der Waals surface area contributed by atoms with E-state index in [0.29, 0.717) is 18.5 Å². The Balaban J connectivity index is 1.43. The van der Waals surface area contributed by atoms with E-state index in [9.17, 15) is 19.5 Å². The van der Waals surface area contributed by atoms with Gasteiger partial charge in [0.1, 0.15) is 12.1 Å². The zero-order valence-corrected chi connectivity index (χ0v) is 19.5. The molecule has 176 valence electrons. The van der Waals surface area contributed by atoms with Gasteiger partial charge >= 0.3 is 0 Å². The van der Waals surface area contributed by atoms with Crippen LogP contribution < -0.4 is 10.6 Å². The molecule has 4 rings (SSSR count). The summed E-state index contributed by atoms with van der Waals surface area (Å²) >= 11 is 1.58. The molecule has 0 spiro atoms. The number of aromatic nitrogens is 1. The van der Waals surface area contributed by atoms with Gasteiger partial charge in [-0.3, -0.25) is 14.4 Å². The van der Waals surface area contributed by atoms with Crippen LogP contribution in [-0.4, -0.2) is 51.9 Å². The number of hydrogen-bond donors (Lipinski definition) is 3. The normalized spacial score (nSPS) is 18.4. The van der Waals surface area contributed by atoms with Crippen LogP contribution in [0.5, 0.6) is 0 Å². The number of thiazole rings is 1. The second-order valence-electron chi connectivity index (χ2n) is 8.21. The minimum absolute atomic E-state index is 0.0314. The monoisotopic (exact) mass is 478 g/mol. The molecule has 0 bridgehead atoms. The number of likely N-dealkylation sites (tertiary alicyclic amines) is 1. The molecule has 2 heterocycles. The Morgan fingerprint density at radius 1 is 1.21 bits per heavy atom. The fraction of sp³-hybridized carbons (Fsp3) is 0.280. The molecule has 3 aromatic rings. The summed E-state index contributed by atoms with van der Waals surface area (Å²) in [6.45, 7) is 2.30. The molecule has 1 aliphatic heterocycles. The molecule has 3 unspecified atom stereocenters. The van der Waals surface area contributed by atoms with Crippen molar-refractivity contribution in [3.8, 4) is 10.4 Å². The summed E-state index contributed by atoms with van der Waals surface area (Å²) in [6.07, 6.45) is -0.201. The van der Waals surface area contributed by atoms with Crippen molar-refractivity contribution < 1.29 is 19.5 Å². The van der Waals surface area contributed by atoms with E-state index >= 15 is 0 Å². The van der Waals surface area contributed by atoms with Gasteiger partial charge in [0.15, 0.2) is 0 Å². The molecule has 3 atom stereocenters. The molecule has 2 aromatic carbocycles. The lowest BCUT2D eigenvalue weighted by Crippen LogP contribution is -2.49. The summed E-state index contributed by atoms with van der Waals surface area (Å²) in [6, 6.07) is 15.0. The van der Waals surface area contributed by atoms with E-state index in [-0.39, 0.29) is 18.9 Å². The Morgan fingerprint density at radius 3 is 2.59 bits per heavy atom. The number of aliphatic hydroxyl groups is 1. The zero-order valence-electron chi connectivity index (χ0n) is 18.7. The molecular weight excluding hydrogens is 452 g/mol. The fourth-order valence-corrected chi connectivity index (χ4v) is 4.97. The van der Waals surface area contributed by atoms with Crippen molar-refractivity contribution in [1.82, 2.24) is 20.5 Å². The van der Waals surface area contributed by atoms with Crippen molar-refractivity contribution in [2.24, 2.45) is 0 Å². The first kappa shape index (κ1) is 23.6. The second kappa shape index (κ2) is 10.6. The van der Waals surface area contributed by atoms with Gasteiger partial charge in [-0.2, -0.15) is 0 Å². The van der Waals surface area contributed by atoms with Crippen LogP contribution in [0.1, 0.15) is 29.3 Å². The molecule has 9 heteroatoms. The van der Waals surface area contributed by atoms with Gasteiger partial charge in [-0.15, -0.1) is 11.3 Å². The Labute approximate surface area is 201 Å². The molecular formula is C25H26N4O4S. The molecule has 0 saturated carbocycles. The van der Waals surface area contributed by atoms with E-state index in [1.54, 1.807) is 35.6 Å². The maximum Gasteiger partial charge on any atom is 0.250 e. The third kappa shape index (κ3) is 5.16. The maximum atomic E-state index is 13.3. The Morgan fingerprint density at radius 2 is 1.94 bits per heavy atom. The number of nitrogens with one attached hydrogen (secondary N) is 2. The average molecular weight is 479 g/mol. The van der Waals surface area contributed by atoms with Crippen LogP contribution in [0.3, 0.4) is 0 Å². The third-order valence-electron chi connectivity index (χ3n) is 5.91. The van der Waals surface area contributed by atoms with Gasteiger partial charge in [-0.05, 0) is 23.6 Å². The summed E-state index contributed by atoms with van der Waals surface area (Å²) < 4.78 is 0. The van der Waals surface area contributed by atoms with Gasteiger partial charge in [-0.1, -0.05) is 54.6 Å². The van der Waals surface area contributed by atoms with Gasteiger partial charge in [0, 0.05) is 19.5 Å². The molecule has 1 aliphatic rings. The quantitative estimate of drug-likeness (QED) is 0.430. The minimum atomic E-state index is -0.929. The van der Waals surface area contributed by atoms with Gasteiger partial charge < -0.3 is 20.6 Å². The predicted octanol–water partition coefficient (Wildman–Crippen LogP) is 2.18. The van der Waals surface area contributed by atoms with Crippen LogP contribution in [-0.2, 0) is 20.9 Å². The summed E-state index contributed by atoms with van der Waals surface area (Å²) in [5.74, 6) is -0.774. The molecule has 1 aromatic heterocycles. The molecule has 1 fully saturated rings. The smallest absolute Gasteiger partial charge is 0.250 e. The first-order chi connectivity index (χ1) is 16.5. The predicted molar refractivity (Wildman–Crippen MR) is 129 cm³/mol. The first-order valence-corrected chi connectivity index (χ1v) is 11.9. The van der Waals surface area contributed by atoms with Crippen molar-refractivity contribution in [2.75, 3.05) is 6.54 Å². The number of benzene rings is 2. The van der Waals surface area contributed by atoms with Gasteiger partial charge in [0.2, 0.25) is 12.3 Å². The zero-order chi connectivity index (χ0) is 24.1. The highest BCUT2D eigenvalue weighted by Gasteiger charge is 2.41. The van der Waals surface area contributed by atoms with Crippen LogP contribution in [0.15, 0.2) is 60.1 Å². The number of aryl methyl sites for hydroxylation is 1. The number of β-amino-alcohol motifs (C(OH)–C–C–N with tert-alkyl or cyclic N) is 1. The average Bonchev–Trinajstić information content (AvgIpc) is 3.47. The largest absolute Gasteiger partial charge is 0.391 e. The van der Waals surface area contributed by atoms with Crippen LogP contribution in [0.25, 0.3) is 10.4 Å². The molecule has 0 aliphatic carbocycles. The van der Waals surface area contributed by atoms with Crippen molar-refractivity contribution >= 4 is 29.6 Å². The summed E-state index contributed by atoms with van der Waals surface area (Å²) in [7, 11) is 0. The van der Waals surface area contributed by atoms with E-state index in [0.717, 1.165) is 21.7 Å². The third-order valence-corrected chi connectivity index (χ3v) is 6.89. The Kier molecular flexibility index (Phi) is 7.34. The number of aliphatic hydroxyl groups excluding tert-OH is 1. The Bertz CT molecular complexity index is 1150. The standard InChI is InChI=1S/C25H26N4O4S/c1-16-23(34-15-28-16)19-9-7-17(8-10-19)12-26-24(32)21-11-20(31)13-29(21)25(33)22(27-14-30)18-5-3-2-4-6-18/h2-10,14-15,20-22,31H,11-13H2,1H3,(H,26,32)(H,27,30). The van der Waals surface area contributed by atoms with Gasteiger partial charge in [-0.25, -0.2) is 4.98 Å². The second-order valence-corrected chi connectivity index (χ2v) is 9.06. The van der Waals surface area contributed by atoms with E-state index in [1.165, 1.54) is 4.90 Å². The fourth-order valence-electron chi connectivity index (χ4n) is 4.16. The van der Waals surface area contributed by atoms with E-state index in [1.807, 2.05) is 42.8 Å². The highest BCUT2D eigenvalue weighted by Crippen LogP contribution is 2.27. The van der Waals surface area contributed by atoms with Gasteiger partial charge in [0.05, 0.1) is 22.2 Å². The molecule has 8 nitrogen and oxygen atoms in total. The number of nitrogens with zero attached hydrogens (tertiary/aromatic N) is 2. The van der Waals surface area contributed by atoms with Crippen molar-refractivity contribution in [3.63, 3.8) is 0 Å². The summed E-state index contributed by atoms with van der Waals surface area (Å²) in [5.41, 5.74) is 5.39. The maximum absolute atomic E-state index is 13.3. The van der Waals surface area contributed by atoms with Crippen LogP contribution in [0.4, 0.5) is 0 Å². The van der Waals surface area contributed by atoms with E-state index < -0.39 is 24.1 Å². The van der Waals surface area contributed by atoms with Crippen LogP contribution in [0.2, 0.25) is 0 Å². The lowest BCUT2D eigenvalue weighted by atomic mass is 10.0. The van der Waals surface area contributed by atoms with E-state index in [4.69, 9.17) is 0 Å². The number of rotatable bonds is 8. The lowest BCUT2D eigenvalue weighted by Gasteiger charge is -2.28. The van der Waals surface area contributed by atoms with Crippen molar-refractivity contribution in [3.05, 3.63) is 76.9 Å². The first-order valence-electron chi connectivity index (χ1n) is 11.0. The number of carbonyl (C=O) groups excluding carboxylic acids is 3. The molecule has 3 N–H and O–H groups in total. The molecule has 34 heavy (non-hydrogen) atoms. The minimum Gasteiger partial charge on any atom is -0.391 e. The number of amides is 3. The number of hydrogen-bond acceptors (Lipinski definition) is 6. The SMILES string of the molecule is Cc1ncsc1-c1ccc(CNC(=O)C2CC(O)CN2C(=O)C(NC=O)c2ccccc2)cc1. The van der Waals surface area contributed by atoms with E-state index in [2.05, 4.69) is 15.6 Å². The topological polar surface area (TPSA) is 112 Å². The van der Waals surface area contributed by atoms with Crippen LogP contribution in [0, 0.1) is 6.92 Å².